The Morgan fingerprint density at radius 1 is 1.00 bits per heavy atom. The second kappa shape index (κ2) is 6.48. The summed E-state index contributed by atoms with van der Waals surface area (Å²) in [6.45, 7) is 3.54. The van der Waals surface area contributed by atoms with E-state index in [1.807, 2.05) is 30.3 Å². The molecule has 1 unspecified atom stereocenters. The fraction of sp³-hybridized carbons (Fsp3) is 0.294. The van der Waals surface area contributed by atoms with Crippen molar-refractivity contribution in [2.75, 3.05) is 14.2 Å². The first-order valence-corrected chi connectivity index (χ1v) is 7.52. The number of alkyl halides is 1. The van der Waals surface area contributed by atoms with Gasteiger partial charge in [-0.25, -0.2) is 4.39 Å². The Kier molecular flexibility index (Phi) is 4.88. The van der Waals surface area contributed by atoms with E-state index in [0.29, 0.717) is 11.1 Å². The third-order valence-corrected chi connectivity index (χ3v) is 4.48. The second-order valence-corrected chi connectivity index (χ2v) is 5.85. The van der Waals surface area contributed by atoms with Gasteiger partial charge in [-0.15, -0.1) is 0 Å². The number of methoxy groups -OCH3 is 2. The lowest BCUT2D eigenvalue weighted by Crippen LogP contribution is -2.00. The van der Waals surface area contributed by atoms with Crippen LogP contribution in [0.15, 0.2) is 30.3 Å². The van der Waals surface area contributed by atoms with Crippen molar-refractivity contribution in [1.82, 2.24) is 0 Å². The van der Waals surface area contributed by atoms with Gasteiger partial charge in [0.05, 0.1) is 19.0 Å². The Labute approximate surface area is 133 Å². The van der Waals surface area contributed by atoms with Crippen molar-refractivity contribution in [1.29, 1.82) is 0 Å². The first-order valence-electron chi connectivity index (χ1n) is 6.60. The molecule has 1 atom stereocenters. The molecule has 0 heterocycles. The van der Waals surface area contributed by atoms with Gasteiger partial charge in [0, 0.05) is 5.56 Å². The summed E-state index contributed by atoms with van der Waals surface area (Å²) in [6.07, 6.45) is 0. The summed E-state index contributed by atoms with van der Waals surface area (Å²) in [5.74, 6) is 1.36. The lowest BCUT2D eigenvalue weighted by Gasteiger charge is -2.17. The Morgan fingerprint density at radius 2 is 1.62 bits per heavy atom. The number of aryl methyl sites for hydroxylation is 2. The van der Waals surface area contributed by atoms with Crippen molar-refractivity contribution >= 4 is 15.9 Å². The van der Waals surface area contributed by atoms with Crippen LogP contribution in [0.1, 0.15) is 27.1 Å². The number of rotatable bonds is 4. The molecule has 0 aliphatic heterocycles. The van der Waals surface area contributed by atoms with Crippen LogP contribution in [0, 0.1) is 19.7 Å². The van der Waals surface area contributed by atoms with E-state index in [-0.39, 0.29) is 10.6 Å². The highest BCUT2D eigenvalue weighted by molar-refractivity contribution is 9.09. The van der Waals surface area contributed by atoms with Crippen LogP contribution in [-0.4, -0.2) is 14.2 Å². The Morgan fingerprint density at radius 3 is 2.14 bits per heavy atom. The van der Waals surface area contributed by atoms with E-state index < -0.39 is 0 Å². The highest BCUT2D eigenvalue weighted by Gasteiger charge is 2.18. The van der Waals surface area contributed by atoms with Gasteiger partial charge in [0.25, 0.3) is 0 Å². The average Bonchev–Trinajstić information content (AvgIpc) is 2.50. The SMILES string of the molecule is COc1ccc(OC)c(C(Br)c2cc(C)c(F)c(C)c2)c1. The molecule has 0 aliphatic rings. The number of hydrogen-bond acceptors (Lipinski definition) is 2. The van der Waals surface area contributed by atoms with Crippen molar-refractivity contribution in [3.8, 4) is 11.5 Å². The molecule has 0 aliphatic carbocycles. The maximum Gasteiger partial charge on any atom is 0.129 e. The van der Waals surface area contributed by atoms with Gasteiger partial charge < -0.3 is 9.47 Å². The van der Waals surface area contributed by atoms with Gasteiger partial charge in [0.15, 0.2) is 0 Å². The summed E-state index contributed by atoms with van der Waals surface area (Å²) >= 11 is 3.68. The third kappa shape index (κ3) is 3.21. The molecule has 0 saturated carbocycles. The summed E-state index contributed by atoms with van der Waals surface area (Å²) in [5.41, 5.74) is 3.20. The summed E-state index contributed by atoms with van der Waals surface area (Å²) in [7, 11) is 3.26. The highest BCUT2D eigenvalue weighted by Crippen LogP contribution is 2.39. The third-order valence-electron chi connectivity index (χ3n) is 3.46. The lowest BCUT2D eigenvalue weighted by atomic mass is 9.99. The molecule has 0 spiro atoms. The lowest BCUT2D eigenvalue weighted by molar-refractivity contribution is 0.399. The molecule has 0 aromatic heterocycles. The standard InChI is InChI=1S/C17H18BrFO2/c1-10-7-12(8-11(2)17(10)19)16(18)14-9-13(20-3)5-6-15(14)21-4/h5-9,16H,1-4H3. The van der Waals surface area contributed by atoms with E-state index in [1.54, 1.807) is 28.1 Å². The van der Waals surface area contributed by atoms with Crippen molar-refractivity contribution in [3.63, 3.8) is 0 Å². The highest BCUT2D eigenvalue weighted by atomic mass is 79.9. The van der Waals surface area contributed by atoms with Crippen LogP contribution in [0.5, 0.6) is 11.5 Å². The molecule has 0 N–H and O–H groups in total. The first kappa shape index (κ1) is 15.8. The molecule has 2 nitrogen and oxygen atoms in total. The van der Waals surface area contributed by atoms with Gasteiger partial charge in [0.2, 0.25) is 0 Å². The molecule has 2 aromatic carbocycles. The van der Waals surface area contributed by atoms with Gasteiger partial charge in [-0.2, -0.15) is 0 Å². The van der Waals surface area contributed by atoms with Crippen LogP contribution in [0.25, 0.3) is 0 Å². The zero-order valence-electron chi connectivity index (χ0n) is 12.5. The maximum absolute atomic E-state index is 13.8. The molecule has 0 fully saturated rings. The largest absolute Gasteiger partial charge is 0.497 e. The monoisotopic (exact) mass is 352 g/mol. The molecule has 0 amide bonds. The molecule has 2 rings (SSSR count). The summed E-state index contributed by atoms with van der Waals surface area (Å²) in [5, 5.41) is 0. The molecule has 0 bridgehead atoms. The van der Waals surface area contributed by atoms with Crippen LogP contribution < -0.4 is 9.47 Å². The molecule has 112 valence electrons. The van der Waals surface area contributed by atoms with Crippen molar-refractivity contribution in [3.05, 3.63) is 58.4 Å². The second-order valence-electron chi connectivity index (χ2n) is 4.94. The molecule has 21 heavy (non-hydrogen) atoms. The molecule has 0 radical (unpaired) electrons. The van der Waals surface area contributed by atoms with Gasteiger partial charge >= 0.3 is 0 Å². The number of hydrogen-bond donors (Lipinski definition) is 0. The predicted octanol–water partition coefficient (Wildman–Crippen LogP) is 4.94. The minimum Gasteiger partial charge on any atom is -0.497 e. The molecular formula is C17H18BrFO2. The fourth-order valence-corrected chi connectivity index (χ4v) is 2.96. The van der Waals surface area contributed by atoms with E-state index in [0.717, 1.165) is 22.6 Å². The minimum atomic E-state index is -0.156. The Balaban J connectivity index is 2.51. The van der Waals surface area contributed by atoms with Gasteiger partial charge in [-0.1, -0.05) is 28.1 Å². The zero-order valence-corrected chi connectivity index (χ0v) is 14.1. The number of benzene rings is 2. The minimum absolute atomic E-state index is 0.0967. The van der Waals surface area contributed by atoms with Gasteiger partial charge in [-0.3, -0.25) is 0 Å². The van der Waals surface area contributed by atoms with Crippen LogP contribution in [0.3, 0.4) is 0 Å². The summed E-state index contributed by atoms with van der Waals surface area (Å²) < 4.78 is 24.5. The summed E-state index contributed by atoms with van der Waals surface area (Å²) in [4.78, 5) is -0.0967. The van der Waals surface area contributed by atoms with E-state index in [1.165, 1.54) is 0 Å². The van der Waals surface area contributed by atoms with E-state index in [2.05, 4.69) is 15.9 Å². The van der Waals surface area contributed by atoms with E-state index in [9.17, 15) is 4.39 Å². The number of ether oxygens (including phenoxy) is 2. The topological polar surface area (TPSA) is 18.5 Å². The fourth-order valence-electron chi connectivity index (χ4n) is 2.34. The van der Waals surface area contributed by atoms with E-state index >= 15 is 0 Å². The zero-order chi connectivity index (χ0) is 15.6. The van der Waals surface area contributed by atoms with Crippen LogP contribution >= 0.6 is 15.9 Å². The quantitative estimate of drug-likeness (QED) is 0.725. The van der Waals surface area contributed by atoms with Crippen molar-refractivity contribution < 1.29 is 13.9 Å². The normalized spacial score (nSPS) is 12.1. The molecule has 2 aromatic rings. The van der Waals surface area contributed by atoms with Crippen LogP contribution in [-0.2, 0) is 0 Å². The van der Waals surface area contributed by atoms with E-state index in [4.69, 9.17) is 9.47 Å². The van der Waals surface area contributed by atoms with Gasteiger partial charge in [0.1, 0.15) is 17.3 Å². The molecule has 4 heteroatoms. The van der Waals surface area contributed by atoms with Crippen LogP contribution in [0.2, 0.25) is 0 Å². The predicted molar refractivity (Wildman–Crippen MR) is 86.2 cm³/mol. The first-order chi connectivity index (χ1) is 9.97. The molecule has 0 saturated heterocycles. The van der Waals surface area contributed by atoms with Gasteiger partial charge in [-0.05, 0) is 48.7 Å². The maximum atomic E-state index is 13.8. The average molecular weight is 353 g/mol. The Hall–Kier alpha value is -1.55. The van der Waals surface area contributed by atoms with Crippen molar-refractivity contribution in [2.24, 2.45) is 0 Å². The number of halogens is 2. The summed E-state index contributed by atoms with van der Waals surface area (Å²) in [6, 6.07) is 9.34. The smallest absolute Gasteiger partial charge is 0.129 e. The van der Waals surface area contributed by atoms with Crippen molar-refractivity contribution in [2.45, 2.75) is 18.7 Å². The molecular weight excluding hydrogens is 335 g/mol. The Bertz CT molecular complexity index is 632. The van der Waals surface area contributed by atoms with Crippen LogP contribution in [0.4, 0.5) is 4.39 Å².